The summed E-state index contributed by atoms with van der Waals surface area (Å²) >= 11 is 0. The van der Waals surface area contributed by atoms with Crippen LogP contribution in [0.2, 0.25) is 0 Å². The van der Waals surface area contributed by atoms with Crippen LogP contribution in [0.25, 0.3) is 5.57 Å². The van der Waals surface area contributed by atoms with Crippen LogP contribution < -0.4 is 5.32 Å². The van der Waals surface area contributed by atoms with Crippen molar-refractivity contribution in [3.8, 4) is 0 Å². The van der Waals surface area contributed by atoms with Gasteiger partial charge in [-0.15, -0.1) is 0 Å². The van der Waals surface area contributed by atoms with Crippen LogP contribution >= 0.6 is 0 Å². The molecule has 1 aliphatic carbocycles. The first kappa shape index (κ1) is 9.17. The Morgan fingerprint density at radius 1 is 1.00 bits per heavy atom. The van der Waals surface area contributed by atoms with Gasteiger partial charge < -0.3 is 5.32 Å². The van der Waals surface area contributed by atoms with Crippen molar-refractivity contribution in [2.75, 3.05) is 13.1 Å². The van der Waals surface area contributed by atoms with Gasteiger partial charge >= 0.3 is 0 Å². The highest BCUT2D eigenvalue weighted by Gasteiger charge is 2.12. The Morgan fingerprint density at radius 2 is 1.93 bits per heavy atom. The number of nitrogens with one attached hydrogen (secondary N) is 1. The van der Waals surface area contributed by atoms with E-state index in [0.29, 0.717) is 0 Å². The molecule has 78 valence electrons. The van der Waals surface area contributed by atoms with E-state index in [0.717, 1.165) is 13.1 Å². The Hall–Kier alpha value is -1.08. The monoisotopic (exact) mass is 199 g/mol. The molecule has 0 aromatic heterocycles. The predicted molar refractivity (Wildman–Crippen MR) is 63.9 cm³/mol. The molecule has 0 amide bonds. The maximum atomic E-state index is 3.36. The molecule has 1 aromatic carbocycles. The first-order valence-electron chi connectivity index (χ1n) is 5.95. The second-order valence-electron chi connectivity index (χ2n) is 4.52. The number of aryl methyl sites for hydroxylation is 2. The summed E-state index contributed by atoms with van der Waals surface area (Å²) in [5.41, 5.74) is 6.15. The lowest BCUT2D eigenvalue weighted by molar-refractivity contribution is 0.738. The lowest BCUT2D eigenvalue weighted by Gasteiger charge is -2.15. The normalized spacial score (nSPS) is 19.9. The van der Waals surface area contributed by atoms with Crippen LogP contribution in [-0.4, -0.2) is 13.1 Å². The third-order valence-electron chi connectivity index (χ3n) is 3.53. The summed E-state index contributed by atoms with van der Waals surface area (Å²) in [5.74, 6) is 0. The summed E-state index contributed by atoms with van der Waals surface area (Å²) in [6.07, 6.45) is 7.43. The van der Waals surface area contributed by atoms with E-state index in [9.17, 15) is 0 Å². The van der Waals surface area contributed by atoms with Gasteiger partial charge in [0.05, 0.1) is 0 Å². The highest BCUT2D eigenvalue weighted by molar-refractivity contribution is 5.67. The van der Waals surface area contributed by atoms with Crippen molar-refractivity contribution in [1.82, 2.24) is 5.32 Å². The topological polar surface area (TPSA) is 12.0 Å². The molecule has 1 aromatic rings. The Balaban J connectivity index is 1.95. The Kier molecular flexibility index (Phi) is 2.34. The van der Waals surface area contributed by atoms with Crippen LogP contribution in [0.5, 0.6) is 0 Å². The van der Waals surface area contributed by atoms with E-state index in [2.05, 4.69) is 29.6 Å². The first-order chi connectivity index (χ1) is 7.43. The molecule has 2 aliphatic rings. The maximum Gasteiger partial charge on any atom is 0.0140 e. The van der Waals surface area contributed by atoms with Gasteiger partial charge in [-0.05, 0) is 54.5 Å². The molecule has 0 saturated carbocycles. The lowest BCUT2D eigenvalue weighted by Crippen LogP contribution is -2.20. The molecule has 0 atom stereocenters. The van der Waals surface area contributed by atoms with Gasteiger partial charge in [0.15, 0.2) is 0 Å². The zero-order valence-corrected chi connectivity index (χ0v) is 9.05. The van der Waals surface area contributed by atoms with Crippen molar-refractivity contribution in [3.63, 3.8) is 0 Å². The zero-order chi connectivity index (χ0) is 10.1. The van der Waals surface area contributed by atoms with E-state index in [1.807, 2.05) is 0 Å². The van der Waals surface area contributed by atoms with Gasteiger partial charge in [0.1, 0.15) is 0 Å². The van der Waals surface area contributed by atoms with Crippen LogP contribution in [0.4, 0.5) is 0 Å². The predicted octanol–water partition coefficient (Wildman–Crippen LogP) is 2.55. The minimum absolute atomic E-state index is 1.03. The SMILES string of the molecule is C1=C(c2ccc3c(c2)CCC3)CCNC1. The van der Waals surface area contributed by atoms with Crippen molar-refractivity contribution in [3.05, 3.63) is 41.0 Å². The van der Waals surface area contributed by atoms with Crippen molar-refractivity contribution >= 4 is 5.57 Å². The molecule has 0 saturated heterocycles. The minimum Gasteiger partial charge on any atom is -0.313 e. The van der Waals surface area contributed by atoms with E-state index in [4.69, 9.17) is 0 Å². The third kappa shape index (κ3) is 1.72. The Bertz CT molecular complexity index is 404. The minimum atomic E-state index is 1.03. The maximum absolute atomic E-state index is 3.36. The van der Waals surface area contributed by atoms with Gasteiger partial charge in [0.2, 0.25) is 0 Å². The molecule has 1 nitrogen and oxygen atoms in total. The second-order valence-corrected chi connectivity index (χ2v) is 4.52. The highest BCUT2D eigenvalue weighted by atomic mass is 14.8. The van der Waals surface area contributed by atoms with E-state index in [1.165, 1.54) is 36.8 Å². The molecule has 0 fully saturated rings. The number of benzene rings is 1. The molecule has 1 heterocycles. The zero-order valence-electron chi connectivity index (χ0n) is 9.05. The summed E-state index contributed by atoms with van der Waals surface area (Å²) in [6, 6.07) is 7.06. The fourth-order valence-corrected chi connectivity index (χ4v) is 2.66. The fraction of sp³-hybridized carbons (Fsp3) is 0.429. The second kappa shape index (κ2) is 3.82. The quantitative estimate of drug-likeness (QED) is 0.733. The van der Waals surface area contributed by atoms with Crippen LogP contribution in [0, 0.1) is 0 Å². The Morgan fingerprint density at radius 3 is 2.80 bits per heavy atom. The average Bonchev–Trinajstić information content (AvgIpc) is 2.77. The van der Waals surface area contributed by atoms with Gasteiger partial charge in [-0.2, -0.15) is 0 Å². The number of fused-ring (bicyclic) bond motifs is 1. The largest absolute Gasteiger partial charge is 0.313 e. The third-order valence-corrected chi connectivity index (χ3v) is 3.53. The van der Waals surface area contributed by atoms with Crippen LogP contribution in [0.3, 0.4) is 0 Å². The summed E-state index contributed by atoms with van der Waals surface area (Å²) in [6.45, 7) is 2.16. The molecule has 0 spiro atoms. The Labute approximate surface area is 91.2 Å². The van der Waals surface area contributed by atoms with Crippen molar-refractivity contribution in [2.24, 2.45) is 0 Å². The van der Waals surface area contributed by atoms with Gasteiger partial charge in [0, 0.05) is 6.54 Å². The van der Waals surface area contributed by atoms with E-state index in [-0.39, 0.29) is 0 Å². The van der Waals surface area contributed by atoms with E-state index in [1.54, 1.807) is 11.1 Å². The molecule has 1 N–H and O–H groups in total. The van der Waals surface area contributed by atoms with Crippen molar-refractivity contribution < 1.29 is 0 Å². The van der Waals surface area contributed by atoms with Crippen LogP contribution in [-0.2, 0) is 12.8 Å². The van der Waals surface area contributed by atoms with Crippen LogP contribution in [0.1, 0.15) is 29.5 Å². The lowest BCUT2D eigenvalue weighted by atomic mass is 9.97. The number of hydrogen-bond acceptors (Lipinski definition) is 1. The highest BCUT2D eigenvalue weighted by Crippen LogP contribution is 2.27. The molecule has 0 bridgehead atoms. The summed E-state index contributed by atoms with van der Waals surface area (Å²) in [4.78, 5) is 0. The molecular formula is C14H17N. The smallest absolute Gasteiger partial charge is 0.0140 e. The fourth-order valence-electron chi connectivity index (χ4n) is 2.66. The molecule has 3 rings (SSSR count). The number of hydrogen-bond donors (Lipinski definition) is 1. The molecule has 15 heavy (non-hydrogen) atoms. The molecule has 0 unspecified atom stereocenters. The molecular weight excluding hydrogens is 182 g/mol. The summed E-state index contributed by atoms with van der Waals surface area (Å²) in [7, 11) is 0. The molecule has 1 heteroatoms. The van der Waals surface area contributed by atoms with Gasteiger partial charge in [-0.25, -0.2) is 0 Å². The number of rotatable bonds is 1. The standard InChI is InChI=1S/C14H17N/c1-2-11-4-5-14(10-13(11)3-1)12-6-8-15-9-7-12/h4-6,10,15H,1-3,7-9H2. The van der Waals surface area contributed by atoms with Crippen molar-refractivity contribution in [1.29, 1.82) is 0 Å². The van der Waals surface area contributed by atoms with Crippen LogP contribution in [0.15, 0.2) is 24.3 Å². The average molecular weight is 199 g/mol. The van der Waals surface area contributed by atoms with Gasteiger partial charge in [-0.1, -0.05) is 24.3 Å². The van der Waals surface area contributed by atoms with Gasteiger partial charge in [0.25, 0.3) is 0 Å². The molecule has 0 radical (unpaired) electrons. The van der Waals surface area contributed by atoms with E-state index < -0.39 is 0 Å². The van der Waals surface area contributed by atoms with Gasteiger partial charge in [-0.3, -0.25) is 0 Å². The van der Waals surface area contributed by atoms with Crippen molar-refractivity contribution in [2.45, 2.75) is 25.7 Å². The first-order valence-corrected chi connectivity index (χ1v) is 5.95. The molecule has 1 aliphatic heterocycles. The van der Waals surface area contributed by atoms with E-state index >= 15 is 0 Å². The summed E-state index contributed by atoms with van der Waals surface area (Å²) in [5, 5.41) is 3.36. The summed E-state index contributed by atoms with van der Waals surface area (Å²) < 4.78 is 0.